The van der Waals surface area contributed by atoms with E-state index in [1.807, 2.05) is 12.1 Å². The third-order valence-corrected chi connectivity index (χ3v) is 5.57. The van der Waals surface area contributed by atoms with Gasteiger partial charge in [0.2, 0.25) is 0 Å². The maximum absolute atomic E-state index is 7.51. The van der Waals surface area contributed by atoms with E-state index in [2.05, 4.69) is 25.5 Å². The van der Waals surface area contributed by atoms with Gasteiger partial charge in [-0.3, -0.25) is 10.5 Å². The summed E-state index contributed by atoms with van der Waals surface area (Å²) in [4.78, 5) is 9.64. The molecule has 1 saturated carbocycles. The minimum absolute atomic E-state index is 0.0444. The number of aromatic nitrogens is 4. The molecule has 2 aliphatic rings. The number of H-pyrrole nitrogens is 1. The van der Waals surface area contributed by atoms with Crippen LogP contribution in [0.25, 0.3) is 0 Å². The molecule has 4 rings (SSSR count). The molecule has 0 bridgehead atoms. The van der Waals surface area contributed by atoms with Gasteiger partial charge in [0.1, 0.15) is 16.7 Å². The summed E-state index contributed by atoms with van der Waals surface area (Å²) in [5, 5.41) is 18.5. The van der Waals surface area contributed by atoms with Crippen molar-refractivity contribution < 1.29 is 0 Å². The van der Waals surface area contributed by atoms with Gasteiger partial charge in [0, 0.05) is 22.6 Å². The summed E-state index contributed by atoms with van der Waals surface area (Å²) in [5.41, 5.74) is 6.68. The number of allylic oxidation sites excluding steroid dienone is 1. The predicted molar refractivity (Wildman–Crippen MR) is 95.8 cm³/mol. The molecule has 2 aromatic rings. The number of nitrogens with one attached hydrogen (secondary N) is 3. The minimum Gasteiger partial charge on any atom is -0.383 e. The highest BCUT2D eigenvalue weighted by Crippen LogP contribution is 2.43. The lowest BCUT2D eigenvalue weighted by Crippen LogP contribution is -2.09. The average Bonchev–Trinajstić information content (AvgIpc) is 3.10. The van der Waals surface area contributed by atoms with Crippen molar-refractivity contribution in [2.75, 3.05) is 5.32 Å². The first-order valence-corrected chi connectivity index (χ1v) is 8.92. The largest absolute Gasteiger partial charge is 0.383 e. The zero-order valence-electron chi connectivity index (χ0n) is 12.7. The molecule has 1 aliphatic heterocycles. The number of anilines is 2. The number of aromatic amines is 1. The summed E-state index contributed by atoms with van der Waals surface area (Å²) in [7, 11) is 0. The molecule has 5 N–H and O–H groups in total. The average molecular weight is 362 g/mol. The molecule has 0 aromatic carbocycles. The van der Waals surface area contributed by atoms with Crippen LogP contribution in [0.4, 0.5) is 11.6 Å². The van der Waals surface area contributed by atoms with Crippen molar-refractivity contribution >= 4 is 40.8 Å². The molecule has 124 valence electrons. The molecule has 9 heteroatoms. The lowest BCUT2D eigenvalue weighted by atomic mass is 10.2. The van der Waals surface area contributed by atoms with E-state index >= 15 is 0 Å². The molecular formula is C15H16ClN7S. The number of rotatable bonds is 5. The fraction of sp³-hybridized carbons (Fsp3) is 0.333. The van der Waals surface area contributed by atoms with Crippen LogP contribution in [0.5, 0.6) is 0 Å². The van der Waals surface area contributed by atoms with Crippen LogP contribution in [0.3, 0.4) is 0 Å². The van der Waals surface area contributed by atoms with Crippen molar-refractivity contribution in [2.45, 2.75) is 30.4 Å². The van der Waals surface area contributed by atoms with Crippen LogP contribution >= 0.6 is 23.4 Å². The Kier molecular flexibility index (Phi) is 3.93. The fourth-order valence-electron chi connectivity index (χ4n) is 2.54. The number of nitrogens with zero attached hydrogens (tertiary/aromatic N) is 3. The van der Waals surface area contributed by atoms with Gasteiger partial charge in [0.25, 0.3) is 0 Å². The summed E-state index contributed by atoms with van der Waals surface area (Å²) in [6, 6.07) is 2.00. The molecule has 1 unspecified atom stereocenters. The number of nitrogens with two attached hydrogens (primary N) is 1. The number of amidine groups is 1. The Balaban J connectivity index is 1.52. The van der Waals surface area contributed by atoms with Crippen LogP contribution in [0.15, 0.2) is 23.2 Å². The van der Waals surface area contributed by atoms with Gasteiger partial charge in [-0.25, -0.2) is 9.97 Å². The highest BCUT2D eigenvalue weighted by molar-refractivity contribution is 8.04. The second-order valence-electron chi connectivity index (χ2n) is 5.86. The van der Waals surface area contributed by atoms with E-state index in [9.17, 15) is 0 Å². The summed E-state index contributed by atoms with van der Waals surface area (Å²) in [5.74, 6) is 2.59. The van der Waals surface area contributed by atoms with Gasteiger partial charge in [0.05, 0.1) is 11.4 Å². The van der Waals surface area contributed by atoms with Crippen LogP contribution in [0.2, 0.25) is 5.02 Å². The minimum atomic E-state index is 0.0444. The molecule has 1 aliphatic carbocycles. The van der Waals surface area contributed by atoms with Crippen LogP contribution in [-0.2, 0) is 0 Å². The highest BCUT2D eigenvalue weighted by atomic mass is 35.5. The molecule has 0 radical (unpaired) electrons. The Labute approximate surface area is 148 Å². The standard InChI is InChI=1S/C15H16ClN7S/c16-8-6-19-15(11-4-3-10(24-11)13(17)18)21-14(8)20-12-5-9(22-23-12)7-1-2-7/h3,5-7,11H,1-2,4H2,(H3,17,18)(H2,19,20,21,22,23). The summed E-state index contributed by atoms with van der Waals surface area (Å²) >= 11 is 7.72. The SMILES string of the molecule is N=C(N)C1=CCC(c2ncc(Cl)c(Nc3cc(C4CC4)[nH]n3)n2)S1. The van der Waals surface area contributed by atoms with Crippen molar-refractivity contribution in [2.24, 2.45) is 5.73 Å². The topological polar surface area (TPSA) is 116 Å². The molecule has 1 fully saturated rings. The second kappa shape index (κ2) is 6.10. The summed E-state index contributed by atoms with van der Waals surface area (Å²) in [6.45, 7) is 0. The molecule has 3 heterocycles. The van der Waals surface area contributed by atoms with E-state index in [1.165, 1.54) is 24.6 Å². The smallest absolute Gasteiger partial charge is 0.154 e. The molecule has 2 aromatic heterocycles. The Hall–Kier alpha value is -2.06. The Bertz CT molecular complexity index is 827. The zero-order chi connectivity index (χ0) is 16.7. The van der Waals surface area contributed by atoms with Crippen LogP contribution < -0.4 is 11.1 Å². The van der Waals surface area contributed by atoms with Crippen molar-refractivity contribution in [1.82, 2.24) is 20.2 Å². The fourth-order valence-corrected chi connectivity index (χ4v) is 3.72. The van der Waals surface area contributed by atoms with Crippen LogP contribution in [-0.4, -0.2) is 26.0 Å². The molecule has 7 nitrogen and oxygen atoms in total. The van der Waals surface area contributed by atoms with E-state index in [1.54, 1.807) is 6.20 Å². The summed E-state index contributed by atoms with van der Waals surface area (Å²) < 4.78 is 0. The van der Waals surface area contributed by atoms with E-state index in [0.717, 1.165) is 17.0 Å². The normalized spacial score (nSPS) is 20.0. The van der Waals surface area contributed by atoms with E-state index in [0.29, 0.717) is 28.4 Å². The third kappa shape index (κ3) is 3.11. The Morgan fingerprint density at radius 3 is 3.00 bits per heavy atom. The second-order valence-corrected chi connectivity index (χ2v) is 7.51. The van der Waals surface area contributed by atoms with Crippen molar-refractivity contribution in [3.63, 3.8) is 0 Å². The van der Waals surface area contributed by atoms with Gasteiger partial charge < -0.3 is 11.1 Å². The first-order chi connectivity index (χ1) is 11.6. The lowest BCUT2D eigenvalue weighted by Gasteiger charge is -2.11. The van der Waals surface area contributed by atoms with Gasteiger partial charge in [0.15, 0.2) is 11.6 Å². The molecule has 0 saturated heterocycles. The number of halogens is 1. The molecule has 24 heavy (non-hydrogen) atoms. The summed E-state index contributed by atoms with van der Waals surface area (Å²) in [6.07, 6.45) is 6.70. The van der Waals surface area contributed by atoms with Crippen molar-refractivity contribution in [3.05, 3.63) is 39.8 Å². The number of thioether (sulfide) groups is 1. The Morgan fingerprint density at radius 2 is 2.29 bits per heavy atom. The predicted octanol–water partition coefficient (Wildman–Crippen LogP) is 3.47. The van der Waals surface area contributed by atoms with Gasteiger partial charge in [-0.15, -0.1) is 11.8 Å². The van der Waals surface area contributed by atoms with Gasteiger partial charge in [-0.05, 0) is 19.3 Å². The first kappa shape index (κ1) is 15.5. The number of hydrogen-bond acceptors (Lipinski definition) is 6. The van der Waals surface area contributed by atoms with E-state index in [4.69, 9.17) is 22.7 Å². The van der Waals surface area contributed by atoms with Gasteiger partial charge in [-0.1, -0.05) is 17.7 Å². The maximum Gasteiger partial charge on any atom is 0.154 e. The highest BCUT2D eigenvalue weighted by Gasteiger charge is 2.26. The molecule has 0 spiro atoms. The maximum atomic E-state index is 7.51. The van der Waals surface area contributed by atoms with Crippen LogP contribution in [0, 0.1) is 5.41 Å². The van der Waals surface area contributed by atoms with Crippen molar-refractivity contribution in [3.8, 4) is 0 Å². The van der Waals surface area contributed by atoms with E-state index < -0.39 is 0 Å². The quantitative estimate of drug-likeness (QED) is 0.478. The molecular weight excluding hydrogens is 346 g/mol. The number of hydrogen-bond donors (Lipinski definition) is 4. The van der Waals surface area contributed by atoms with Gasteiger partial charge in [-0.2, -0.15) is 5.10 Å². The monoisotopic (exact) mass is 361 g/mol. The molecule has 0 amide bonds. The van der Waals surface area contributed by atoms with E-state index in [-0.39, 0.29) is 11.1 Å². The Morgan fingerprint density at radius 1 is 1.46 bits per heavy atom. The van der Waals surface area contributed by atoms with Crippen molar-refractivity contribution in [1.29, 1.82) is 5.41 Å². The third-order valence-electron chi connectivity index (χ3n) is 3.96. The first-order valence-electron chi connectivity index (χ1n) is 7.66. The van der Waals surface area contributed by atoms with Gasteiger partial charge >= 0.3 is 0 Å². The molecule has 1 atom stereocenters. The lowest BCUT2D eigenvalue weighted by molar-refractivity contribution is 0.870. The van der Waals surface area contributed by atoms with Crippen LogP contribution in [0.1, 0.15) is 41.9 Å². The zero-order valence-corrected chi connectivity index (χ0v) is 14.3.